The highest BCUT2D eigenvalue weighted by Crippen LogP contribution is 2.09. The maximum atomic E-state index is 11.9. The van der Waals surface area contributed by atoms with E-state index in [0.29, 0.717) is 0 Å². The molecule has 0 saturated carbocycles. The number of benzene rings is 1. The number of nitrogens with two attached hydrogens (primary N) is 1. The summed E-state index contributed by atoms with van der Waals surface area (Å²) in [5, 5.41) is 2.90. The van der Waals surface area contributed by atoms with Gasteiger partial charge in [-0.05, 0) is 26.6 Å². The van der Waals surface area contributed by atoms with Crippen LogP contribution in [0.15, 0.2) is 30.3 Å². The summed E-state index contributed by atoms with van der Waals surface area (Å²) in [6.07, 6.45) is 0. The van der Waals surface area contributed by atoms with Crippen LogP contribution in [0, 0.1) is 0 Å². The van der Waals surface area contributed by atoms with E-state index >= 15 is 0 Å². The van der Waals surface area contributed by atoms with Gasteiger partial charge in [-0.25, -0.2) is 0 Å². The second-order valence-corrected chi connectivity index (χ2v) is 4.56. The summed E-state index contributed by atoms with van der Waals surface area (Å²) in [5.74, 6) is -0.134. The van der Waals surface area contributed by atoms with Gasteiger partial charge in [-0.15, -0.1) is 0 Å². The van der Waals surface area contributed by atoms with E-state index in [0.717, 1.165) is 12.1 Å². The van der Waals surface area contributed by atoms with Gasteiger partial charge in [0.05, 0.1) is 0 Å². The molecule has 0 heterocycles. The first-order valence-corrected chi connectivity index (χ1v) is 5.76. The lowest BCUT2D eigenvalue weighted by molar-refractivity contribution is -0.123. The Balaban J connectivity index is 2.53. The molecule has 0 aliphatic carbocycles. The highest BCUT2D eigenvalue weighted by Gasteiger charge is 2.17. The second kappa shape index (κ2) is 6.37. The predicted molar refractivity (Wildman–Crippen MR) is 69.5 cm³/mol. The smallest absolute Gasteiger partial charge is 0.241 e. The zero-order chi connectivity index (χ0) is 12.8. The van der Waals surface area contributed by atoms with Gasteiger partial charge in [-0.3, -0.25) is 4.79 Å². The molecule has 0 saturated heterocycles. The predicted octanol–water partition coefficient (Wildman–Crippen LogP) is 0.753. The molecule has 0 aliphatic heterocycles. The third-order valence-corrected chi connectivity index (χ3v) is 2.47. The third-order valence-electron chi connectivity index (χ3n) is 2.47. The normalized spacial score (nSPS) is 14.4. The minimum Gasteiger partial charge on any atom is -0.351 e. The summed E-state index contributed by atoms with van der Waals surface area (Å²) in [4.78, 5) is 13.9. The molecule has 1 aromatic rings. The molecule has 17 heavy (non-hydrogen) atoms. The van der Waals surface area contributed by atoms with Crippen molar-refractivity contribution in [3.8, 4) is 0 Å². The van der Waals surface area contributed by atoms with Crippen molar-refractivity contribution in [3.05, 3.63) is 35.9 Å². The van der Waals surface area contributed by atoms with E-state index < -0.39 is 6.04 Å². The molecule has 4 heteroatoms. The molecule has 1 aromatic carbocycles. The topological polar surface area (TPSA) is 58.4 Å². The molecule has 1 amide bonds. The maximum absolute atomic E-state index is 11.9. The Morgan fingerprint density at radius 2 is 1.94 bits per heavy atom. The molecule has 94 valence electrons. The Morgan fingerprint density at radius 1 is 1.35 bits per heavy atom. The number of nitrogens with zero attached hydrogens (tertiary/aromatic N) is 1. The minimum atomic E-state index is -0.596. The van der Waals surface area contributed by atoms with Crippen LogP contribution >= 0.6 is 0 Å². The molecule has 0 radical (unpaired) electrons. The van der Waals surface area contributed by atoms with E-state index in [-0.39, 0.29) is 11.9 Å². The zero-order valence-electron chi connectivity index (χ0n) is 10.7. The Labute approximate surface area is 103 Å². The van der Waals surface area contributed by atoms with Gasteiger partial charge in [0.15, 0.2) is 0 Å². The molecule has 2 atom stereocenters. The van der Waals surface area contributed by atoms with E-state index in [1.54, 1.807) is 0 Å². The number of hydrogen-bond acceptors (Lipinski definition) is 3. The van der Waals surface area contributed by atoms with Crippen molar-refractivity contribution in [1.82, 2.24) is 10.2 Å². The first kappa shape index (κ1) is 13.7. The lowest BCUT2D eigenvalue weighted by Gasteiger charge is -2.20. The van der Waals surface area contributed by atoms with Crippen LogP contribution in [0.2, 0.25) is 0 Å². The monoisotopic (exact) mass is 235 g/mol. The van der Waals surface area contributed by atoms with Crippen molar-refractivity contribution < 1.29 is 4.79 Å². The van der Waals surface area contributed by atoms with Crippen LogP contribution in [0.1, 0.15) is 18.5 Å². The molecule has 0 spiro atoms. The van der Waals surface area contributed by atoms with Crippen molar-refractivity contribution in [2.45, 2.75) is 19.0 Å². The molecule has 4 nitrogen and oxygen atoms in total. The Morgan fingerprint density at radius 3 is 2.47 bits per heavy atom. The first-order valence-electron chi connectivity index (χ1n) is 5.76. The highest BCUT2D eigenvalue weighted by atomic mass is 16.2. The van der Waals surface area contributed by atoms with Crippen LogP contribution in [0.25, 0.3) is 0 Å². The quantitative estimate of drug-likeness (QED) is 0.792. The van der Waals surface area contributed by atoms with E-state index in [4.69, 9.17) is 5.73 Å². The minimum absolute atomic E-state index is 0.0901. The number of amides is 1. The highest BCUT2D eigenvalue weighted by molar-refractivity contribution is 5.83. The van der Waals surface area contributed by atoms with Gasteiger partial charge in [0.2, 0.25) is 5.91 Å². The standard InChI is InChI=1S/C13H21N3O/c1-10(9-16(2)3)15-13(17)12(14)11-7-5-4-6-8-11/h4-8,10,12H,9,14H2,1-3H3,(H,15,17). The summed E-state index contributed by atoms with van der Waals surface area (Å²) in [7, 11) is 3.94. The first-order chi connectivity index (χ1) is 8.00. The van der Waals surface area contributed by atoms with Gasteiger partial charge in [-0.1, -0.05) is 30.3 Å². The maximum Gasteiger partial charge on any atom is 0.241 e. The van der Waals surface area contributed by atoms with Crippen molar-refractivity contribution in [2.75, 3.05) is 20.6 Å². The van der Waals surface area contributed by atoms with Crippen LogP contribution in [-0.4, -0.2) is 37.5 Å². The molecule has 0 aliphatic rings. The van der Waals surface area contributed by atoms with Crippen LogP contribution < -0.4 is 11.1 Å². The molecular weight excluding hydrogens is 214 g/mol. The molecule has 0 aromatic heterocycles. The van der Waals surface area contributed by atoms with Crippen molar-refractivity contribution >= 4 is 5.91 Å². The molecule has 1 rings (SSSR count). The fraction of sp³-hybridized carbons (Fsp3) is 0.462. The summed E-state index contributed by atoms with van der Waals surface area (Å²) < 4.78 is 0. The van der Waals surface area contributed by atoms with Crippen molar-refractivity contribution in [2.24, 2.45) is 5.73 Å². The van der Waals surface area contributed by atoms with Crippen LogP contribution in [-0.2, 0) is 4.79 Å². The lowest BCUT2D eigenvalue weighted by Crippen LogP contribution is -2.43. The molecule has 0 bridgehead atoms. The van der Waals surface area contributed by atoms with Gasteiger partial charge in [0.25, 0.3) is 0 Å². The molecular formula is C13H21N3O. The summed E-state index contributed by atoms with van der Waals surface area (Å²) in [6, 6.07) is 8.88. The number of carbonyl (C=O) groups is 1. The Kier molecular flexibility index (Phi) is 5.12. The van der Waals surface area contributed by atoms with E-state index in [1.807, 2.05) is 56.3 Å². The van der Waals surface area contributed by atoms with Gasteiger partial charge >= 0.3 is 0 Å². The Hall–Kier alpha value is -1.39. The third kappa shape index (κ3) is 4.54. The number of nitrogens with one attached hydrogen (secondary N) is 1. The molecule has 3 N–H and O–H groups in total. The van der Waals surface area contributed by atoms with Crippen LogP contribution in [0.3, 0.4) is 0 Å². The van der Waals surface area contributed by atoms with Gasteiger partial charge < -0.3 is 16.0 Å². The van der Waals surface area contributed by atoms with Crippen molar-refractivity contribution in [3.63, 3.8) is 0 Å². The number of hydrogen-bond donors (Lipinski definition) is 2. The van der Waals surface area contributed by atoms with Crippen LogP contribution in [0.5, 0.6) is 0 Å². The fourth-order valence-electron chi connectivity index (χ4n) is 1.74. The van der Waals surface area contributed by atoms with E-state index in [2.05, 4.69) is 5.32 Å². The average molecular weight is 235 g/mol. The summed E-state index contributed by atoms with van der Waals surface area (Å²) in [5.41, 5.74) is 6.73. The van der Waals surface area contributed by atoms with Gasteiger partial charge in [0.1, 0.15) is 6.04 Å². The van der Waals surface area contributed by atoms with Gasteiger partial charge in [0, 0.05) is 12.6 Å². The number of likely N-dealkylation sites (N-methyl/N-ethyl adjacent to an activating group) is 1. The number of rotatable bonds is 5. The lowest BCUT2D eigenvalue weighted by atomic mass is 10.1. The number of carbonyl (C=O) groups excluding carboxylic acids is 1. The van der Waals surface area contributed by atoms with E-state index in [9.17, 15) is 4.79 Å². The largest absolute Gasteiger partial charge is 0.351 e. The average Bonchev–Trinajstić information content (AvgIpc) is 2.28. The SMILES string of the molecule is CC(CN(C)C)NC(=O)C(N)c1ccccc1. The van der Waals surface area contributed by atoms with Crippen molar-refractivity contribution in [1.29, 1.82) is 0 Å². The van der Waals surface area contributed by atoms with E-state index in [1.165, 1.54) is 0 Å². The summed E-state index contributed by atoms with van der Waals surface area (Å²) >= 11 is 0. The second-order valence-electron chi connectivity index (χ2n) is 4.56. The van der Waals surface area contributed by atoms with Gasteiger partial charge in [-0.2, -0.15) is 0 Å². The zero-order valence-corrected chi connectivity index (χ0v) is 10.7. The van der Waals surface area contributed by atoms with Crippen LogP contribution in [0.4, 0.5) is 0 Å². The fourth-order valence-corrected chi connectivity index (χ4v) is 1.74. The summed E-state index contributed by atoms with van der Waals surface area (Å²) in [6.45, 7) is 2.77. The molecule has 2 unspecified atom stereocenters. The Bertz CT molecular complexity index is 351. The molecule has 0 fully saturated rings.